The smallest absolute Gasteiger partial charge is 0.317 e. The van der Waals surface area contributed by atoms with E-state index in [0.29, 0.717) is 31.9 Å². The number of rotatable bonds is 2. The number of urea groups is 1. The number of hydrogen-bond acceptors (Lipinski definition) is 3. The number of nitrogens with two attached hydrogens (primary N) is 1. The van der Waals surface area contributed by atoms with Gasteiger partial charge in [-0.05, 0) is 23.8 Å². The fourth-order valence-electron chi connectivity index (χ4n) is 2.68. The summed E-state index contributed by atoms with van der Waals surface area (Å²) < 4.78 is 0. The molecule has 2 saturated heterocycles. The number of anilines is 1. The van der Waals surface area contributed by atoms with Gasteiger partial charge in [-0.1, -0.05) is 12.1 Å². The molecule has 0 saturated carbocycles. The van der Waals surface area contributed by atoms with Gasteiger partial charge in [-0.3, -0.25) is 4.79 Å². The number of carbonyl (C=O) groups is 2. The number of nitrogen functional groups attached to an aromatic ring is 1. The molecule has 1 unspecified atom stereocenters. The van der Waals surface area contributed by atoms with Crippen LogP contribution in [-0.2, 0) is 4.79 Å². The van der Waals surface area contributed by atoms with E-state index in [-0.39, 0.29) is 18.0 Å². The molecule has 21 heavy (non-hydrogen) atoms. The molecule has 1 aromatic carbocycles. The Kier molecular flexibility index (Phi) is 3.51. The van der Waals surface area contributed by atoms with Crippen molar-refractivity contribution >= 4 is 23.7 Å². The van der Waals surface area contributed by atoms with E-state index >= 15 is 0 Å². The lowest BCUT2D eigenvalue weighted by Gasteiger charge is -2.35. The second-order valence-corrected chi connectivity index (χ2v) is 5.32. The van der Waals surface area contributed by atoms with Gasteiger partial charge in [0.2, 0.25) is 5.91 Å². The molecule has 0 spiro atoms. The Balaban J connectivity index is 1.61. The third-order valence-electron chi connectivity index (χ3n) is 3.90. The van der Waals surface area contributed by atoms with Crippen molar-refractivity contribution < 1.29 is 9.59 Å². The lowest BCUT2D eigenvalue weighted by Crippen LogP contribution is -2.53. The van der Waals surface area contributed by atoms with Crippen LogP contribution in [0, 0.1) is 0 Å². The van der Waals surface area contributed by atoms with E-state index in [1.165, 1.54) is 0 Å². The van der Waals surface area contributed by atoms with Crippen LogP contribution in [0.5, 0.6) is 0 Å². The first-order valence-corrected chi connectivity index (χ1v) is 7.00. The molecule has 6 nitrogen and oxygen atoms in total. The molecule has 0 aliphatic carbocycles. The van der Waals surface area contributed by atoms with Crippen molar-refractivity contribution in [1.29, 1.82) is 0 Å². The monoisotopic (exact) mass is 286 g/mol. The van der Waals surface area contributed by atoms with Gasteiger partial charge in [0.25, 0.3) is 0 Å². The summed E-state index contributed by atoms with van der Waals surface area (Å²) in [5, 5.41) is 2.80. The van der Waals surface area contributed by atoms with Crippen LogP contribution in [0.4, 0.5) is 10.5 Å². The highest BCUT2D eigenvalue weighted by atomic mass is 16.2. The Morgan fingerprint density at radius 2 is 2.05 bits per heavy atom. The highest BCUT2D eigenvalue weighted by Crippen LogP contribution is 2.15. The number of carbonyl (C=O) groups excluding carboxylic acids is 2. The molecule has 1 atom stereocenters. The van der Waals surface area contributed by atoms with Gasteiger partial charge in [-0.15, -0.1) is 0 Å². The summed E-state index contributed by atoms with van der Waals surface area (Å²) in [6.45, 7) is 2.38. The van der Waals surface area contributed by atoms with Gasteiger partial charge < -0.3 is 20.9 Å². The number of benzene rings is 1. The molecule has 0 radical (unpaired) electrons. The number of hydrogen-bond donors (Lipinski definition) is 2. The molecule has 2 aliphatic rings. The molecule has 1 aromatic rings. The fourth-order valence-corrected chi connectivity index (χ4v) is 2.68. The van der Waals surface area contributed by atoms with Crippen LogP contribution < -0.4 is 11.1 Å². The number of nitrogens with zero attached hydrogens (tertiary/aromatic N) is 2. The molecule has 2 heterocycles. The minimum Gasteiger partial charge on any atom is -0.399 e. The zero-order valence-electron chi connectivity index (χ0n) is 11.7. The Morgan fingerprint density at radius 3 is 2.81 bits per heavy atom. The number of nitrogens with one attached hydrogen (secondary N) is 1. The van der Waals surface area contributed by atoms with Gasteiger partial charge in [0, 0.05) is 37.9 Å². The minimum absolute atomic E-state index is 0.0224. The lowest BCUT2D eigenvalue weighted by molar-refractivity contribution is -0.128. The van der Waals surface area contributed by atoms with E-state index in [4.69, 9.17) is 5.73 Å². The molecule has 2 aliphatic heterocycles. The van der Waals surface area contributed by atoms with Crippen LogP contribution in [0.15, 0.2) is 30.3 Å². The minimum atomic E-state index is -0.0236. The van der Waals surface area contributed by atoms with Crippen molar-refractivity contribution in [2.24, 2.45) is 0 Å². The maximum atomic E-state index is 12.2. The molecule has 0 bridgehead atoms. The van der Waals surface area contributed by atoms with Crippen LogP contribution >= 0.6 is 0 Å². The quantitative estimate of drug-likeness (QED) is 0.614. The maximum absolute atomic E-state index is 12.2. The van der Waals surface area contributed by atoms with Crippen molar-refractivity contribution in [1.82, 2.24) is 15.1 Å². The van der Waals surface area contributed by atoms with Crippen LogP contribution in [-0.4, -0.2) is 54.0 Å². The first kappa shape index (κ1) is 13.5. The number of amides is 3. The van der Waals surface area contributed by atoms with E-state index in [2.05, 4.69) is 5.32 Å². The summed E-state index contributed by atoms with van der Waals surface area (Å²) in [7, 11) is 0. The molecule has 3 N–H and O–H groups in total. The molecule has 6 heteroatoms. The molecular weight excluding hydrogens is 268 g/mol. The Hall–Kier alpha value is -2.50. The summed E-state index contributed by atoms with van der Waals surface area (Å²) in [5.41, 5.74) is 7.26. The lowest BCUT2D eigenvalue weighted by atomic mass is 10.1. The average Bonchev–Trinajstić information content (AvgIpc) is 2.87. The highest BCUT2D eigenvalue weighted by molar-refractivity contribution is 5.92. The summed E-state index contributed by atoms with van der Waals surface area (Å²) in [6.07, 6.45) is 3.36. The average molecular weight is 286 g/mol. The predicted molar refractivity (Wildman–Crippen MR) is 80.4 cm³/mol. The number of piperazine rings is 1. The molecule has 0 aromatic heterocycles. The summed E-state index contributed by atoms with van der Waals surface area (Å²) in [6, 6.07) is 7.43. The zero-order valence-corrected chi connectivity index (χ0v) is 11.7. The van der Waals surface area contributed by atoms with Crippen LogP contribution in [0.25, 0.3) is 6.08 Å². The third-order valence-corrected chi connectivity index (χ3v) is 3.90. The van der Waals surface area contributed by atoms with Gasteiger partial charge in [-0.25, -0.2) is 4.79 Å². The van der Waals surface area contributed by atoms with Crippen molar-refractivity contribution in [2.45, 2.75) is 6.04 Å². The molecule has 3 amide bonds. The third kappa shape index (κ3) is 2.84. The van der Waals surface area contributed by atoms with E-state index in [0.717, 1.165) is 5.56 Å². The first-order chi connectivity index (χ1) is 10.1. The standard InChI is InChI=1S/C15H18N4O2/c16-12-4-1-11(2-5-12)3-6-14(20)18-7-8-19-13(10-18)9-17-15(19)21/h1-6,13H,7-10,16H2,(H,17,21)/b6-3+. The van der Waals surface area contributed by atoms with Gasteiger partial charge in [0.15, 0.2) is 0 Å². The van der Waals surface area contributed by atoms with Crippen LogP contribution in [0.2, 0.25) is 0 Å². The van der Waals surface area contributed by atoms with Gasteiger partial charge in [-0.2, -0.15) is 0 Å². The van der Waals surface area contributed by atoms with E-state index < -0.39 is 0 Å². The van der Waals surface area contributed by atoms with Crippen molar-refractivity contribution in [3.8, 4) is 0 Å². The van der Waals surface area contributed by atoms with Gasteiger partial charge in [0.05, 0.1) is 6.04 Å². The fraction of sp³-hybridized carbons (Fsp3) is 0.333. The summed E-state index contributed by atoms with van der Waals surface area (Å²) >= 11 is 0. The Bertz CT molecular complexity index is 582. The Morgan fingerprint density at radius 1 is 1.29 bits per heavy atom. The second-order valence-electron chi connectivity index (χ2n) is 5.32. The molecular formula is C15H18N4O2. The van der Waals surface area contributed by atoms with Crippen molar-refractivity contribution in [2.75, 3.05) is 31.9 Å². The highest BCUT2D eigenvalue weighted by Gasteiger charge is 2.36. The normalized spacial score (nSPS) is 21.5. The van der Waals surface area contributed by atoms with Gasteiger partial charge in [0.1, 0.15) is 0 Å². The second kappa shape index (κ2) is 5.47. The maximum Gasteiger partial charge on any atom is 0.317 e. The molecule has 110 valence electrons. The summed E-state index contributed by atoms with van der Waals surface area (Å²) in [5.74, 6) is -0.0224. The summed E-state index contributed by atoms with van der Waals surface area (Å²) in [4.78, 5) is 27.3. The van der Waals surface area contributed by atoms with E-state index in [9.17, 15) is 9.59 Å². The van der Waals surface area contributed by atoms with Crippen LogP contribution in [0.1, 0.15) is 5.56 Å². The van der Waals surface area contributed by atoms with Crippen molar-refractivity contribution in [3.05, 3.63) is 35.9 Å². The van der Waals surface area contributed by atoms with Crippen molar-refractivity contribution in [3.63, 3.8) is 0 Å². The molecule has 3 rings (SSSR count). The number of fused-ring (bicyclic) bond motifs is 1. The largest absolute Gasteiger partial charge is 0.399 e. The molecule has 2 fully saturated rings. The van der Waals surface area contributed by atoms with Gasteiger partial charge >= 0.3 is 6.03 Å². The SMILES string of the molecule is Nc1ccc(/C=C/C(=O)N2CCN3C(=O)NCC3C2)cc1. The van der Waals surface area contributed by atoms with E-state index in [1.54, 1.807) is 34.1 Å². The zero-order chi connectivity index (χ0) is 14.8. The van der Waals surface area contributed by atoms with E-state index in [1.807, 2.05) is 12.1 Å². The Labute approximate surface area is 123 Å². The predicted octanol–water partition coefficient (Wildman–Crippen LogP) is 0.518. The topological polar surface area (TPSA) is 78.7 Å². The van der Waals surface area contributed by atoms with Crippen LogP contribution in [0.3, 0.4) is 0 Å². The first-order valence-electron chi connectivity index (χ1n) is 7.00.